The fourth-order valence-corrected chi connectivity index (χ4v) is 6.24. The van der Waals surface area contributed by atoms with E-state index in [2.05, 4.69) is 44.8 Å². The monoisotopic (exact) mass is 526 g/mol. The van der Waals surface area contributed by atoms with E-state index in [1.165, 1.54) is 31.6 Å². The minimum atomic E-state index is -0.316. The lowest BCUT2D eigenvalue weighted by atomic mass is 9.89. The van der Waals surface area contributed by atoms with E-state index in [0.717, 1.165) is 82.4 Å². The Balaban J connectivity index is 1.19. The van der Waals surface area contributed by atoms with E-state index in [1.54, 1.807) is 7.11 Å². The molecule has 7 nitrogen and oxygen atoms in total. The summed E-state index contributed by atoms with van der Waals surface area (Å²) < 4.78 is 31.1. The number of rotatable bonds is 9. The number of hydrogen-bond donors (Lipinski definition) is 0. The number of nitrogens with zero attached hydrogens (tertiary/aromatic N) is 4. The molecule has 2 aromatic rings. The summed E-state index contributed by atoms with van der Waals surface area (Å²) >= 11 is 0. The fraction of sp³-hybridized carbons (Fsp3) is 0.600. The molecule has 0 aliphatic carbocycles. The molecule has 0 bridgehead atoms. The van der Waals surface area contributed by atoms with E-state index in [-0.39, 0.29) is 5.82 Å². The molecule has 208 valence electrons. The van der Waals surface area contributed by atoms with E-state index in [0.29, 0.717) is 24.4 Å². The fourth-order valence-electron chi connectivity index (χ4n) is 6.24. The second kappa shape index (κ2) is 12.5. The van der Waals surface area contributed by atoms with Gasteiger partial charge in [-0.2, -0.15) is 0 Å². The first kappa shape index (κ1) is 27.0. The average Bonchev–Trinajstić information content (AvgIpc) is 2.96. The van der Waals surface area contributed by atoms with Crippen molar-refractivity contribution in [2.24, 2.45) is 0 Å². The largest absolute Gasteiger partial charge is 0.494 e. The van der Waals surface area contributed by atoms with Crippen molar-refractivity contribution in [1.29, 1.82) is 0 Å². The number of methoxy groups -OCH3 is 2. The Hall–Kier alpha value is -2.55. The van der Waals surface area contributed by atoms with Crippen LogP contribution >= 0.6 is 0 Å². The number of anilines is 1. The molecule has 0 saturated carbocycles. The number of piperidine rings is 1. The number of benzene rings is 2. The highest BCUT2D eigenvalue weighted by Gasteiger charge is 2.36. The topological polar surface area (TPSA) is 40.7 Å². The van der Waals surface area contributed by atoms with Gasteiger partial charge in [0.2, 0.25) is 0 Å². The van der Waals surface area contributed by atoms with Crippen molar-refractivity contribution in [3.05, 3.63) is 47.8 Å². The highest BCUT2D eigenvalue weighted by Crippen LogP contribution is 2.40. The highest BCUT2D eigenvalue weighted by molar-refractivity contribution is 5.52. The van der Waals surface area contributed by atoms with Gasteiger partial charge in [-0.15, -0.1) is 0 Å². The van der Waals surface area contributed by atoms with Gasteiger partial charge in [-0.3, -0.25) is 4.90 Å². The van der Waals surface area contributed by atoms with Gasteiger partial charge < -0.3 is 28.9 Å². The van der Waals surface area contributed by atoms with Gasteiger partial charge >= 0.3 is 0 Å². The number of piperazine rings is 2. The van der Waals surface area contributed by atoms with Crippen molar-refractivity contribution >= 4 is 5.69 Å². The zero-order valence-electron chi connectivity index (χ0n) is 23.2. The van der Waals surface area contributed by atoms with Gasteiger partial charge in [-0.1, -0.05) is 6.07 Å². The molecular weight excluding hydrogens is 483 g/mol. The summed E-state index contributed by atoms with van der Waals surface area (Å²) in [4.78, 5) is 9.93. The van der Waals surface area contributed by atoms with Gasteiger partial charge in [0.1, 0.15) is 0 Å². The molecule has 0 aromatic heterocycles. The molecule has 3 fully saturated rings. The molecule has 0 N–H and O–H groups in total. The number of hydrogen-bond acceptors (Lipinski definition) is 7. The molecule has 5 rings (SSSR count). The molecule has 1 unspecified atom stereocenters. The summed E-state index contributed by atoms with van der Waals surface area (Å²) in [5, 5.41) is 0. The van der Waals surface area contributed by atoms with E-state index in [1.807, 2.05) is 12.1 Å². The van der Waals surface area contributed by atoms with Gasteiger partial charge in [-0.05, 0) is 62.6 Å². The third-order valence-electron chi connectivity index (χ3n) is 8.49. The number of likely N-dealkylation sites (N-methyl/N-ethyl adjacent to an activating group) is 1. The zero-order valence-corrected chi connectivity index (χ0v) is 23.2. The van der Waals surface area contributed by atoms with Crippen LogP contribution in [0.1, 0.15) is 37.3 Å². The molecule has 2 atom stereocenters. The van der Waals surface area contributed by atoms with E-state index >= 15 is 0 Å². The van der Waals surface area contributed by atoms with Gasteiger partial charge in [0.05, 0.1) is 20.8 Å². The molecule has 0 spiro atoms. The summed E-state index contributed by atoms with van der Waals surface area (Å²) in [6.07, 6.45) is 4.54. The molecule has 0 radical (unpaired) electrons. The molecular formula is C30H43FN4O3. The van der Waals surface area contributed by atoms with Crippen LogP contribution in [0.5, 0.6) is 17.2 Å². The van der Waals surface area contributed by atoms with Crippen molar-refractivity contribution in [3.63, 3.8) is 0 Å². The van der Waals surface area contributed by atoms with Crippen molar-refractivity contribution in [3.8, 4) is 17.2 Å². The van der Waals surface area contributed by atoms with Crippen molar-refractivity contribution < 1.29 is 18.6 Å². The second-order valence-electron chi connectivity index (χ2n) is 10.9. The van der Waals surface area contributed by atoms with Gasteiger partial charge in [-0.25, -0.2) is 4.39 Å². The van der Waals surface area contributed by atoms with Crippen LogP contribution in [0.4, 0.5) is 10.1 Å². The molecule has 0 amide bonds. The maximum Gasteiger partial charge on any atom is 0.165 e. The smallest absolute Gasteiger partial charge is 0.165 e. The van der Waals surface area contributed by atoms with Crippen molar-refractivity contribution in [2.75, 3.05) is 85.1 Å². The second-order valence-corrected chi connectivity index (χ2v) is 10.9. The molecule has 3 aliphatic rings. The van der Waals surface area contributed by atoms with Crippen LogP contribution in [-0.4, -0.2) is 101 Å². The first-order chi connectivity index (χ1) is 18.6. The highest BCUT2D eigenvalue weighted by atomic mass is 19.1. The van der Waals surface area contributed by atoms with Crippen LogP contribution in [0.25, 0.3) is 0 Å². The van der Waals surface area contributed by atoms with Crippen LogP contribution in [0, 0.1) is 5.82 Å². The first-order valence-electron chi connectivity index (χ1n) is 14.1. The first-order valence-corrected chi connectivity index (χ1v) is 14.1. The normalized spacial score (nSPS) is 23.2. The Labute approximate surface area is 227 Å². The third-order valence-corrected chi connectivity index (χ3v) is 8.49. The lowest BCUT2D eigenvalue weighted by Gasteiger charge is -2.49. The summed E-state index contributed by atoms with van der Waals surface area (Å²) in [6.45, 7) is 9.18. The van der Waals surface area contributed by atoms with Crippen LogP contribution < -0.4 is 19.1 Å². The maximum absolute atomic E-state index is 13.9. The maximum atomic E-state index is 13.9. The average molecular weight is 527 g/mol. The third kappa shape index (κ3) is 6.19. The summed E-state index contributed by atoms with van der Waals surface area (Å²) in [5.41, 5.74) is 2.33. The lowest BCUT2D eigenvalue weighted by molar-refractivity contribution is 0.0714. The van der Waals surface area contributed by atoms with E-state index < -0.39 is 0 Å². The number of halogens is 1. The molecule has 8 heteroatoms. The molecule has 3 aliphatic heterocycles. The Morgan fingerprint density at radius 2 is 1.68 bits per heavy atom. The van der Waals surface area contributed by atoms with E-state index in [9.17, 15) is 4.39 Å². The quantitative estimate of drug-likeness (QED) is 0.452. The minimum absolute atomic E-state index is 0.306. The summed E-state index contributed by atoms with van der Waals surface area (Å²) in [5.74, 6) is 1.64. The Morgan fingerprint density at radius 1 is 0.868 bits per heavy atom. The van der Waals surface area contributed by atoms with Crippen LogP contribution in [-0.2, 0) is 0 Å². The Kier molecular flexibility index (Phi) is 8.92. The van der Waals surface area contributed by atoms with Crippen LogP contribution in [0.2, 0.25) is 0 Å². The van der Waals surface area contributed by atoms with Crippen LogP contribution in [0.15, 0.2) is 36.4 Å². The van der Waals surface area contributed by atoms with Crippen molar-refractivity contribution in [1.82, 2.24) is 14.7 Å². The van der Waals surface area contributed by atoms with Gasteiger partial charge in [0.25, 0.3) is 0 Å². The zero-order chi connectivity index (χ0) is 26.5. The standard InChI is InChI=1S/C30H43FN4O3/c1-32-13-15-33(16-14-32)12-5-19-38-28-11-8-23(20-30(28)37-3)27-7-4-6-25-22-34(17-18-35(25)27)24-9-10-26(31)29(21-24)36-2/h8-11,20-21,25,27H,4-7,12-19,22H2,1-3H3/t25?,27-/m1/s1. The Morgan fingerprint density at radius 3 is 2.47 bits per heavy atom. The summed E-state index contributed by atoms with van der Waals surface area (Å²) in [6, 6.07) is 12.5. The lowest BCUT2D eigenvalue weighted by Crippen LogP contribution is -2.55. The molecule has 3 heterocycles. The molecule has 2 aromatic carbocycles. The molecule has 38 heavy (non-hydrogen) atoms. The molecule has 3 saturated heterocycles. The number of fused-ring (bicyclic) bond motifs is 1. The SMILES string of the molecule is COc1cc(N2CCN3C(CCC[C@@H]3c3ccc(OCCCN4CCN(C)CC4)c(OC)c3)C2)ccc1F. The number of ether oxygens (including phenoxy) is 3. The van der Waals surface area contributed by atoms with Gasteiger partial charge in [0.15, 0.2) is 23.1 Å². The van der Waals surface area contributed by atoms with E-state index in [4.69, 9.17) is 14.2 Å². The van der Waals surface area contributed by atoms with Crippen LogP contribution in [0.3, 0.4) is 0 Å². The Bertz CT molecular complexity index is 1060. The van der Waals surface area contributed by atoms with Gasteiger partial charge in [0, 0.05) is 76.2 Å². The summed E-state index contributed by atoms with van der Waals surface area (Å²) in [7, 11) is 5.44. The minimum Gasteiger partial charge on any atom is -0.494 e. The predicted molar refractivity (Wildman–Crippen MR) is 149 cm³/mol. The predicted octanol–water partition coefficient (Wildman–Crippen LogP) is 4.28. The van der Waals surface area contributed by atoms with Crippen molar-refractivity contribution in [2.45, 2.75) is 37.8 Å².